The standard InChI is InChI=1S/C10H13ClN6OS/c1-3-12-8-13-5-6(11)7(14-8)19-10-16-15-9(18)17(10)4-2/h5H,3-4H2,1-2H3,(H,15,18)(H,12,13,14). The van der Waals surface area contributed by atoms with E-state index >= 15 is 0 Å². The van der Waals surface area contributed by atoms with Gasteiger partial charge in [0, 0.05) is 13.1 Å². The quantitative estimate of drug-likeness (QED) is 0.816. The molecule has 0 bridgehead atoms. The number of rotatable bonds is 5. The molecule has 9 heteroatoms. The first kappa shape index (κ1) is 13.9. The molecule has 0 spiro atoms. The van der Waals surface area contributed by atoms with E-state index in [2.05, 4.69) is 25.5 Å². The molecule has 2 heterocycles. The highest BCUT2D eigenvalue weighted by Gasteiger charge is 2.13. The van der Waals surface area contributed by atoms with Crippen LogP contribution in [0.3, 0.4) is 0 Å². The Morgan fingerprint density at radius 2 is 2.32 bits per heavy atom. The molecule has 0 aliphatic rings. The van der Waals surface area contributed by atoms with Gasteiger partial charge in [0.1, 0.15) is 5.03 Å². The molecule has 0 aliphatic carbocycles. The minimum Gasteiger partial charge on any atom is -0.354 e. The number of H-pyrrole nitrogens is 1. The lowest BCUT2D eigenvalue weighted by molar-refractivity contribution is 0.660. The zero-order chi connectivity index (χ0) is 13.8. The fourth-order valence-corrected chi connectivity index (χ4v) is 2.49. The number of aromatic nitrogens is 5. The number of aromatic amines is 1. The van der Waals surface area contributed by atoms with Gasteiger partial charge in [0.25, 0.3) is 0 Å². The van der Waals surface area contributed by atoms with Gasteiger partial charge in [0.2, 0.25) is 5.95 Å². The fourth-order valence-electron chi connectivity index (χ4n) is 1.41. The van der Waals surface area contributed by atoms with Crippen molar-refractivity contribution >= 4 is 29.3 Å². The zero-order valence-electron chi connectivity index (χ0n) is 10.5. The highest BCUT2D eigenvalue weighted by Crippen LogP contribution is 2.29. The van der Waals surface area contributed by atoms with Crippen molar-refractivity contribution in [2.45, 2.75) is 30.6 Å². The third-order valence-corrected chi connectivity index (χ3v) is 3.66. The Bertz CT molecular complexity index is 625. The van der Waals surface area contributed by atoms with Crippen LogP contribution in [0.25, 0.3) is 0 Å². The van der Waals surface area contributed by atoms with Crippen LogP contribution in [0.1, 0.15) is 13.8 Å². The van der Waals surface area contributed by atoms with Crippen LogP contribution in [0.2, 0.25) is 5.02 Å². The van der Waals surface area contributed by atoms with E-state index in [1.807, 2.05) is 13.8 Å². The number of nitrogens with zero attached hydrogens (tertiary/aromatic N) is 4. The third kappa shape index (κ3) is 3.07. The third-order valence-electron chi connectivity index (χ3n) is 2.27. The molecule has 19 heavy (non-hydrogen) atoms. The smallest absolute Gasteiger partial charge is 0.343 e. The van der Waals surface area contributed by atoms with Crippen LogP contribution >= 0.6 is 23.4 Å². The van der Waals surface area contributed by atoms with Crippen molar-refractivity contribution in [2.75, 3.05) is 11.9 Å². The summed E-state index contributed by atoms with van der Waals surface area (Å²) in [5.74, 6) is 0.496. The van der Waals surface area contributed by atoms with Crippen molar-refractivity contribution in [2.24, 2.45) is 0 Å². The molecule has 0 atom stereocenters. The Morgan fingerprint density at radius 3 is 3.00 bits per heavy atom. The number of hydrogen-bond acceptors (Lipinski definition) is 6. The molecule has 102 valence electrons. The van der Waals surface area contributed by atoms with Crippen molar-refractivity contribution in [1.82, 2.24) is 24.7 Å². The summed E-state index contributed by atoms with van der Waals surface area (Å²) in [6.07, 6.45) is 1.52. The van der Waals surface area contributed by atoms with Crippen LogP contribution in [0.15, 0.2) is 21.2 Å². The maximum absolute atomic E-state index is 11.5. The Hall–Kier alpha value is -1.54. The molecule has 0 unspecified atom stereocenters. The summed E-state index contributed by atoms with van der Waals surface area (Å²) in [7, 11) is 0. The van der Waals surface area contributed by atoms with Crippen molar-refractivity contribution in [3.8, 4) is 0 Å². The average molecular weight is 301 g/mol. The van der Waals surface area contributed by atoms with E-state index in [9.17, 15) is 4.79 Å². The monoisotopic (exact) mass is 300 g/mol. The molecular formula is C10H13ClN6OS. The summed E-state index contributed by atoms with van der Waals surface area (Å²) in [5.41, 5.74) is -0.248. The summed E-state index contributed by atoms with van der Waals surface area (Å²) < 4.78 is 1.51. The molecule has 2 aromatic rings. The van der Waals surface area contributed by atoms with Crippen LogP contribution in [0.5, 0.6) is 0 Å². The second-order valence-electron chi connectivity index (χ2n) is 3.53. The van der Waals surface area contributed by atoms with Crippen LogP contribution in [-0.4, -0.2) is 31.3 Å². The van der Waals surface area contributed by atoms with Gasteiger partial charge in [-0.25, -0.2) is 19.9 Å². The minimum atomic E-state index is -0.248. The van der Waals surface area contributed by atoms with Gasteiger partial charge < -0.3 is 5.32 Å². The molecule has 2 rings (SSSR count). The van der Waals surface area contributed by atoms with E-state index in [0.29, 0.717) is 34.2 Å². The SMILES string of the molecule is CCNc1ncc(Cl)c(Sc2n[nH]c(=O)n2CC)n1. The minimum absolute atomic E-state index is 0.248. The van der Waals surface area contributed by atoms with Gasteiger partial charge in [-0.1, -0.05) is 11.6 Å². The van der Waals surface area contributed by atoms with Crippen LogP contribution < -0.4 is 11.0 Å². The Morgan fingerprint density at radius 1 is 1.53 bits per heavy atom. The van der Waals surface area contributed by atoms with Crippen LogP contribution in [0.4, 0.5) is 5.95 Å². The largest absolute Gasteiger partial charge is 0.354 e. The lowest BCUT2D eigenvalue weighted by atomic mass is 10.6. The second kappa shape index (κ2) is 6.07. The van der Waals surface area contributed by atoms with Gasteiger partial charge in [0.15, 0.2) is 5.16 Å². The lowest BCUT2D eigenvalue weighted by Gasteiger charge is -2.06. The Labute approximate surface area is 118 Å². The fraction of sp³-hybridized carbons (Fsp3) is 0.400. The molecule has 0 aromatic carbocycles. The summed E-state index contributed by atoms with van der Waals surface area (Å²) >= 11 is 7.27. The second-order valence-corrected chi connectivity index (χ2v) is 4.90. The van der Waals surface area contributed by atoms with E-state index in [4.69, 9.17) is 11.6 Å². The molecule has 0 saturated carbocycles. The highest BCUT2D eigenvalue weighted by molar-refractivity contribution is 7.99. The van der Waals surface area contributed by atoms with Gasteiger partial charge in [0.05, 0.1) is 11.2 Å². The van der Waals surface area contributed by atoms with Gasteiger partial charge >= 0.3 is 5.69 Å². The summed E-state index contributed by atoms with van der Waals surface area (Å²) in [5, 5.41) is 10.9. The topological polar surface area (TPSA) is 88.5 Å². The first-order chi connectivity index (χ1) is 9.15. The van der Waals surface area contributed by atoms with E-state index in [0.717, 1.165) is 0 Å². The molecule has 0 radical (unpaired) electrons. The molecule has 0 amide bonds. The average Bonchev–Trinajstić information content (AvgIpc) is 2.74. The summed E-state index contributed by atoms with van der Waals surface area (Å²) in [4.78, 5) is 19.8. The van der Waals surface area contributed by atoms with Gasteiger partial charge in [-0.2, -0.15) is 0 Å². The van der Waals surface area contributed by atoms with E-state index in [-0.39, 0.29) is 5.69 Å². The molecule has 0 aliphatic heterocycles. The van der Waals surface area contributed by atoms with Crippen molar-refractivity contribution < 1.29 is 0 Å². The molecule has 0 saturated heterocycles. The van der Waals surface area contributed by atoms with Crippen molar-refractivity contribution in [3.05, 3.63) is 21.7 Å². The van der Waals surface area contributed by atoms with Gasteiger partial charge in [-0.05, 0) is 25.6 Å². The molecule has 7 nitrogen and oxygen atoms in total. The predicted octanol–water partition coefficient (Wildman–Crippen LogP) is 1.62. The highest BCUT2D eigenvalue weighted by atomic mass is 35.5. The summed E-state index contributed by atoms with van der Waals surface area (Å²) in [6, 6.07) is 0. The van der Waals surface area contributed by atoms with E-state index < -0.39 is 0 Å². The van der Waals surface area contributed by atoms with Gasteiger partial charge in [-0.3, -0.25) is 4.57 Å². The number of hydrogen-bond donors (Lipinski definition) is 2. The zero-order valence-corrected chi connectivity index (χ0v) is 12.0. The van der Waals surface area contributed by atoms with E-state index in [1.165, 1.54) is 22.5 Å². The Kier molecular flexibility index (Phi) is 4.43. The Balaban J connectivity index is 2.31. The summed E-state index contributed by atoms with van der Waals surface area (Å²) in [6.45, 7) is 5.06. The van der Waals surface area contributed by atoms with E-state index in [1.54, 1.807) is 0 Å². The normalized spacial score (nSPS) is 10.7. The number of halogens is 1. The van der Waals surface area contributed by atoms with Gasteiger partial charge in [-0.15, -0.1) is 5.10 Å². The maximum atomic E-state index is 11.5. The van der Waals surface area contributed by atoms with Crippen molar-refractivity contribution in [1.29, 1.82) is 0 Å². The van der Waals surface area contributed by atoms with Crippen LogP contribution in [0, 0.1) is 0 Å². The number of nitrogens with one attached hydrogen (secondary N) is 2. The molecule has 2 aromatic heterocycles. The molecule has 2 N–H and O–H groups in total. The lowest BCUT2D eigenvalue weighted by Crippen LogP contribution is -2.16. The predicted molar refractivity (Wildman–Crippen MR) is 73.9 cm³/mol. The van der Waals surface area contributed by atoms with Crippen LogP contribution in [-0.2, 0) is 6.54 Å². The first-order valence-electron chi connectivity index (χ1n) is 5.75. The molecule has 0 fully saturated rings. The first-order valence-corrected chi connectivity index (χ1v) is 6.94. The van der Waals surface area contributed by atoms with Crippen molar-refractivity contribution in [3.63, 3.8) is 0 Å². The number of anilines is 1. The molecular weight excluding hydrogens is 288 g/mol. The maximum Gasteiger partial charge on any atom is 0.343 e.